The van der Waals surface area contributed by atoms with Crippen LogP contribution in [0.2, 0.25) is 0 Å². The van der Waals surface area contributed by atoms with Crippen LogP contribution in [0.15, 0.2) is 51.8 Å². The van der Waals surface area contributed by atoms with Gasteiger partial charge in [-0.1, -0.05) is 22.9 Å². The van der Waals surface area contributed by atoms with E-state index in [4.69, 9.17) is 0 Å². The van der Waals surface area contributed by atoms with Gasteiger partial charge in [0.15, 0.2) is 9.84 Å². The van der Waals surface area contributed by atoms with Crippen LogP contribution in [0.5, 0.6) is 0 Å². The molecule has 0 heterocycles. The molecular formula is C18H19BrFNO4S. The first-order chi connectivity index (χ1) is 12.1. The van der Waals surface area contributed by atoms with Crippen molar-refractivity contribution in [2.24, 2.45) is 5.92 Å². The topological polar surface area (TPSA) is 83.5 Å². The summed E-state index contributed by atoms with van der Waals surface area (Å²) in [6.45, 7) is 2.92. The van der Waals surface area contributed by atoms with Gasteiger partial charge in [-0.05, 0) is 49.4 Å². The Morgan fingerprint density at radius 1 is 1.19 bits per heavy atom. The molecule has 2 N–H and O–H groups in total. The molecule has 8 heteroatoms. The molecule has 0 bridgehead atoms. The van der Waals surface area contributed by atoms with Crippen molar-refractivity contribution in [3.63, 3.8) is 0 Å². The number of hydrogen-bond acceptors (Lipinski definition) is 4. The minimum Gasteiger partial charge on any atom is -0.389 e. The molecule has 0 radical (unpaired) electrons. The maximum atomic E-state index is 13.6. The summed E-state index contributed by atoms with van der Waals surface area (Å²) in [4.78, 5) is 12.4. The Morgan fingerprint density at radius 3 is 2.38 bits per heavy atom. The fourth-order valence-electron chi connectivity index (χ4n) is 2.35. The molecule has 1 amide bonds. The molecule has 0 spiro atoms. The van der Waals surface area contributed by atoms with E-state index in [0.717, 1.165) is 10.5 Å². The fourth-order valence-corrected chi connectivity index (χ4v) is 4.17. The van der Waals surface area contributed by atoms with Crippen molar-refractivity contribution in [1.82, 2.24) is 0 Å². The van der Waals surface area contributed by atoms with Crippen LogP contribution in [0.3, 0.4) is 0 Å². The van der Waals surface area contributed by atoms with Gasteiger partial charge in [-0.15, -0.1) is 0 Å². The minimum absolute atomic E-state index is 0.0536. The summed E-state index contributed by atoms with van der Waals surface area (Å²) < 4.78 is 39.2. The number of nitrogens with one attached hydrogen (secondary N) is 1. The molecule has 2 aromatic rings. The zero-order chi connectivity index (χ0) is 19.5. The molecule has 0 saturated heterocycles. The molecule has 2 rings (SSSR count). The van der Waals surface area contributed by atoms with Crippen LogP contribution in [-0.4, -0.2) is 25.2 Å². The summed E-state index contributed by atoms with van der Waals surface area (Å²) in [5.41, 5.74) is 0.345. The summed E-state index contributed by atoms with van der Waals surface area (Å²) in [6, 6.07) is 10.0. The second kappa shape index (κ2) is 8.28. The van der Waals surface area contributed by atoms with Crippen LogP contribution in [0.25, 0.3) is 0 Å². The lowest BCUT2D eigenvalue weighted by Crippen LogP contribution is -2.27. The van der Waals surface area contributed by atoms with Crippen molar-refractivity contribution < 1.29 is 22.7 Å². The van der Waals surface area contributed by atoms with E-state index in [1.54, 1.807) is 12.1 Å². The third-order valence-electron chi connectivity index (χ3n) is 3.80. The largest absolute Gasteiger partial charge is 0.389 e. The van der Waals surface area contributed by atoms with E-state index in [1.807, 2.05) is 0 Å². The van der Waals surface area contributed by atoms with E-state index in [2.05, 4.69) is 21.2 Å². The van der Waals surface area contributed by atoms with Crippen molar-refractivity contribution in [2.45, 2.75) is 24.8 Å². The van der Waals surface area contributed by atoms with Gasteiger partial charge in [0, 0.05) is 21.6 Å². The lowest BCUT2D eigenvalue weighted by molar-refractivity contribution is -0.118. The molecule has 0 aliphatic rings. The van der Waals surface area contributed by atoms with Crippen molar-refractivity contribution in [1.29, 1.82) is 0 Å². The predicted molar refractivity (Wildman–Crippen MR) is 101 cm³/mol. The lowest BCUT2D eigenvalue weighted by Gasteiger charge is -2.14. The highest BCUT2D eigenvalue weighted by Crippen LogP contribution is 2.22. The maximum Gasteiger partial charge on any atom is 0.228 e. The van der Waals surface area contributed by atoms with Gasteiger partial charge in [-0.25, -0.2) is 12.8 Å². The number of aliphatic hydroxyl groups is 1. The number of carbonyl (C=O) groups excluding carboxylic acids is 1. The highest BCUT2D eigenvalue weighted by atomic mass is 79.9. The number of rotatable bonds is 6. The van der Waals surface area contributed by atoms with Crippen LogP contribution in [-0.2, 0) is 14.6 Å². The van der Waals surface area contributed by atoms with Crippen molar-refractivity contribution >= 4 is 37.4 Å². The molecule has 5 nitrogen and oxygen atoms in total. The SMILES string of the molecule is CC(CS(=O)(=O)c1ccc(Br)cc1)C(=O)Nc1ccc(F)c(C(C)O)c1. The van der Waals surface area contributed by atoms with Crippen LogP contribution < -0.4 is 5.32 Å². The Balaban J connectivity index is 2.10. The van der Waals surface area contributed by atoms with E-state index in [1.165, 1.54) is 38.1 Å². The number of anilines is 1. The first kappa shape index (κ1) is 20.5. The number of carbonyl (C=O) groups is 1. The standard InChI is InChI=1S/C18H19BrFNO4S/c1-11(10-26(24,25)15-6-3-13(19)4-7-15)18(23)21-14-5-8-17(20)16(9-14)12(2)22/h3-9,11-12,22H,10H2,1-2H3,(H,21,23). The van der Waals surface area contributed by atoms with Gasteiger partial charge in [0.25, 0.3) is 0 Å². The van der Waals surface area contributed by atoms with Gasteiger partial charge in [-0.2, -0.15) is 0 Å². The number of sulfone groups is 1. The first-order valence-electron chi connectivity index (χ1n) is 7.87. The van der Waals surface area contributed by atoms with E-state index in [-0.39, 0.29) is 16.2 Å². The summed E-state index contributed by atoms with van der Waals surface area (Å²) in [6.07, 6.45) is -1.03. The molecule has 0 saturated carbocycles. The quantitative estimate of drug-likeness (QED) is 0.712. The van der Waals surface area contributed by atoms with E-state index < -0.39 is 33.6 Å². The average molecular weight is 444 g/mol. The van der Waals surface area contributed by atoms with Crippen LogP contribution in [0.4, 0.5) is 10.1 Å². The molecule has 0 aliphatic carbocycles. The van der Waals surface area contributed by atoms with Crippen LogP contribution in [0.1, 0.15) is 25.5 Å². The van der Waals surface area contributed by atoms with Crippen molar-refractivity contribution in [3.05, 3.63) is 58.3 Å². The first-order valence-corrected chi connectivity index (χ1v) is 10.3. The molecular weight excluding hydrogens is 425 g/mol. The normalized spacial score (nSPS) is 13.9. The summed E-state index contributed by atoms with van der Waals surface area (Å²) >= 11 is 3.24. The second-order valence-corrected chi connectivity index (χ2v) is 8.99. The minimum atomic E-state index is -3.62. The number of hydrogen-bond donors (Lipinski definition) is 2. The van der Waals surface area contributed by atoms with E-state index in [9.17, 15) is 22.7 Å². The van der Waals surface area contributed by atoms with Gasteiger partial charge < -0.3 is 10.4 Å². The molecule has 0 fully saturated rings. The number of halogens is 2. The summed E-state index contributed by atoms with van der Waals surface area (Å²) in [7, 11) is -3.62. The smallest absolute Gasteiger partial charge is 0.228 e. The van der Waals surface area contributed by atoms with E-state index >= 15 is 0 Å². The fraction of sp³-hybridized carbons (Fsp3) is 0.278. The van der Waals surface area contributed by atoms with Gasteiger partial charge in [-0.3, -0.25) is 4.79 Å². The van der Waals surface area contributed by atoms with Crippen LogP contribution in [0, 0.1) is 11.7 Å². The predicted octanol–water partition coefficient (Wildman–Crippen LogP) is 3.69. The Labute approximate surface area is 160 Å². The zero-order valence-electron chi connectivity index (χ0n) is 14.2. The third-order valence-corrected chi connectivity index (χ3v) is 6.26. The highest BCUT2D eigenvalue weighted by Gasteiger charge is 2.23. The molecule has 2 aromatic carbocycles. The second-order valence-electron chi connectivity index (χ2n) is 6.04. The monoisotopic (exact) mass is 443 g/mol. The van der Waals surface area contributed by atoms with Crippen LogP contribution >= 0.6 is 15.9 Å². The number of aliphatic hydroxyl groups excluding tert-OH is 1. The van der Waals surface area contributed by atoms with Gasteiger partial charge >= 0.3 is 0 Å². The Morgan fingerprint density at radius 2 is 1.81 bits per heavy atom. The molecule has 0 aromatic heterocycles. The maximum absolute atomic E-state index is 13.6. The van der Waals surface area contributed by atoms with Gasteiger partial charge in [0.2, 0.25) is 5.91 Å². The van der Waals surface area contributed by atoms with Crippen molar-refractivity contribution in [3.8, 4) is 0 Å². The number of benzene rings is 2. The van der Waals surface area contributed by atoms with Gasteiger partial charge in [0.05, 0.1) is 16.8 Å². The zero-order valence-corrected chi connectivity index (χ0v) is 16.6. The molecule has 2 unspecified atom stereocenters. The number of amides is 1. The third kappa shape index (κ3) is 5.12. The molecule has 2 atom stereocenters. The van der Waals surface area contributed by atoms with Gasteiger partial charge in [0.1, 0.15) is 5.82 Å². The van der Waals surface area contributed by atoms with E-state index in [0.29, 0.717) is 5.69 Å². The summed E-state index contributed by atoms with van der Waals surface area (Å²) in [5.74, 6) is -2.26. The average Bonchev–Trinajstić information content (AvgIpc) is 2.56. The molecule has 0 aliphatic heterocycles. The van der Waals surface area contributed by atoms with Crippen molar-refractivity contribution in [2.75, 3.05) is 11.1 Å². The molecule has 140 valence electrons. The Kier molecular flexibility index (Phi) is 6.54. The highest BCUT2D eigenvalue weighted by molar-refractivity contribution is 9.10. The Hall–Kier alpha value is -1.77. The Bertz CT molecular complexity index is 898. The summed E-state index contributed by atoms with van der Waals surface area (Å²) in [5, 5.41) is 12.1. The molecule has 26 heavy (non-hydrogen) atoms. The lowest BCUT2D eigenvalue weighted by atomic mass is 10.1.